The van der Waals surface area contributed by atoms with Gasteiger partial charge in [-0.15, -0.1) is 0 Å². The third-order valence-corrected chi connectivity index (χ3v) is 2.56. The molecule has 0 amide bonds. The molecule has 0 aliphatic carbocycles. The van der Waals surface area contributed by atoms with Crippen LogP contribution in [0.3, 0.4) is 0 Å². The monoisotopic (exact) mass is 210 g/mol. The first-order valence-electron chi connectivity index (χ1n) is 5.62. The molecular weight excluding hydrogens is 194 g/mol. The molecule has 0 N–H and O–H groups in total. The predicted octanol–water partition coefficient (Wildman–Crippen LogP) is 3.16. The second kappa shape index (κ2) is 5.26. The summed E-state index contributed by atoms with van der Waals surface area (Å²) in [5, 5.41) is 0. The normalized spacial score (nSPS) is 10.8. The maximum absolute atomic E-state index is 2.22. The Hall–Kier alpha value is -1.89. The molecule has 0 saturated carbocycles. The van der Waals surface area contributed by atoms with Crippen LogP contribution in [0.15, 0.2) is 54.7 Å². The SMILES string of the molecule is CC[n+]1ccccc1C=Cc1ccccc1. The smallest absolute Gasteiger partial charge is 0.199 e. The van der Waals surface area contributed by atoms with E-state index in [0.29, 0.717) is 0 Å². The highest BCUT2D eigenvalue weighted by Crippen LogP contribution is 2.04. The van der Waals surface area contributed by atoms with E-state index in [4.69, 9.17) is 0 Å². The molecule has 1 aromatic carbocycles. The van der Waals surface area contributed by atoms with Crippen LogP contribution >= 0.6 is 0 Å². The molecular formula is C15H16N+. The third kappa shape index (κ3) is 2.57. The van der Waals surface area contributed by atoms with E-state index in [-0.39, 0.29) is 0 Å². The summed E-state index contributed by atoms with van der Waals surface area (Å²) in [6.45, 7) is 3.15. The summed E-state index contributed by atoms with van der Waals surface area (Å²) < 4.78 is 2.22. The molecule has 1 aromatic heterocycles. The Bertz CT molecular complexity index is 472. The largest absolute Gasteiger partial charge is 0.205 e. The molecule has 2 rings (SSSR count). The number of aromatic nitrogens is 1. The van der Waals surface area contributed by atoms with Gasteiger partial charge >= 0.3 is 0 Å². The first-order chi connectivity index (χ1) is 7.90. The van der Waals surface area contributed by atoms with Gasteiger partial charge in [-0.2, -0.15) is 4.57 Å². The van der Waals surface area contributed by atoms with Crippen LogP contribution in [0.25, 0.3) is 12.2 Å². The van der Waals surface area contributed by atoms with Crippen LogP contribution < -0.4 is 4.57 Å². The summed E-state index contributed by atoms with van der Waals surface area (Å²) in [7, 11) is 0. The van der Waals surface area contributed by atoms with Gasteiger partial charge in [-0.1, -0.05) is 30.3 Å². The molecule has 80 valence electrons. The number of benzene rings is 1. The second-order valence-electron chi connectivity index (χ2n) is 3.66. The number of rotatable bonds is 3. The average Bonchev–Trinajstić information content (AvgIpc) is 2.38. The van der Waals surface area contributed by atoms with Crippen LogP contribution in [0.2, 0.25) is 0 Å². The first kappa shape index (κ1) is 10.6. The number of nitrogens with zero attached hydrogens (tertiary/aromatic N) is 1. The van der Waals surface area contributed by atoms with Crippen molar-refractivity contribution < 1.29 is 4.57 Å². The first-order valence-corrected chi connectivity index (χ1v) is 5.62. The fourth-order valence-electron chi connectivity index (χ4n) is 1.67. The molecule has 1 nitrogen and oxygen atoms in total. The Morgan fingerprint density at radius 1 is 0.938 bits per heavy atom. The van der Waals surface area contributed by atoms with E-state index in [2.05, 4.69) is 72.3 Å². The van der Waals surface area contributed by atoms with Crippen LogP contribution in [-0.2, 0) is 6.54 Å². The van der Waals surface area contributed by atoms with Crippen molar-refractivity contribution in [3.8, 4) is 0 Å². The second-order valence-corrected chi connectivity index (χ2v) is 3.66. The van der Waals surface area contributed by atoms with Crippen molar-refractivity contribution in [2.45, 2.75) is 13.5 Å². The third-order valence-electron chi connectivity index (χ3n) is 2.56. The van der Waals surface area contributed by atoms with E-state index in [0.717, 1.165) is 6.54 Å². The maximum Gasteiger partial charge on any atom is 0.205 e. The van der Waals surface area contributed by atoms with Crippen molar-refractivity contribution in [1.82, 2.24) is 0 Å². The zero-order chi connectivity index (χ0) is 11.2. The average molecular weight is 210 g/mol. The number of aryl methyl sites for hydroxylation is 1. The zero-order valence-electron chi connectivity index (χ0n) is 9.51. The Morgan fingerprint density at radius 2 is 1.69 bits per heavy atom. The van der Waals surface area contributed by atoms with Crippen molar-refractivity contribution in [2.24, 2.45) is 0 Å². The van der Waals surface area contributed by atoms with Gasteiger partial charge in [0.15, 0.2) is 6.20 Å². The number of hydrogen-bond acceptors (Lipinski definition) is 0. The fraction of sp³-hybridized carbons (Fsp3) is 0.133. The summed E-state index contributed by atoms with van der Waals surface area (Å²) in [6.07, 6.45) is 6.39. The summed E-state index contributed by atoms with van der Waals surface area (Å²) in [5.74, 6) is 0. The fourth-order valence-corrected chi connectivity index (χ4v) is 1.67. The standard InChI is InChI=1S/C15H16N/c1-2-16-13-7-6-10-15(16)12-11-14-8-4-3-5-9-14/h3-13H,2H2,1H3/q+1. The van der Waals surface area contributed by atoms with E-state index in [1.54, 1.807) is 0 Å². The van der Waals surface area contributed by atoms with Gasteiger partial charge in [0.2, 0.25) is 5.69 Å². The Balaban J connectivity index is 2.24. The Morgan fingerprint density at radius 3 is 2.44 bits per heavy atom. The van der Waals surface area contributed by atoms with Gasteiger partial charge in [0, 0.05) is 18.2 Å². The van der Waals surface area contributed by atoms with Crippen molar-refractivity contribution in [2.75, 3.05) is 0 Å². The summed E-state index contributed by atoms with van der Waals surface area (Å²) in [4.78, 5) is 0. The highest BCUT2D eigenvalue weighted by molar-refractivity contribution is 5.66. The molecule has 0 atom stereocenters. The van der Waals surface area contributed by atoms with E-state index in [1.165, 1.54) is 11.3 Å². The summed E-state index contributed by atoms with van der Waals surface area (Å²) in [6, 6.07) is 16.6. The summed E-state index contributed by atoms with van der Waals surface area (Å²) >= 11 is 0. The van der Waals surface area contributed by atoms with Gasteiger partial charge in [-0.05, 0) is 24.6 Å². The van der Waals surface area contributed by atoms with Crippen molar-refractivity contribution in [3.63, 3.8) is 0 Å². The van der Waals surface area contributed by atoms with E-state index in [1.807, 2.05) is 6.07 Å². The Kier molecular flexibility index (Phi) is 3.50. The molecule has 0 radical (unpaired) electrons. The van der Waals surface area contributed by atoms with Gasteiger partial charge in [-0.3, -0.25) is 0 Å². The van der Waals surface area contributed by atoms with Crippen molar-refractivity contribution in [1.29, 1.82) is 0 Å². The van der Waals surface area contributed by atoms with E-state index < -0.39 is 0 Å². The minimum absolute atomic E-state index is 0.995. The lowest BCUT2D eigenvalue weighted by Gasteiger charge is -1.96. The molecule has 16 heavy (non-hydrogen) atoms. The van der Waals surface area contributed by atoms with Crippen molar-refractivity contribution >= 4 is 12.2 Å². The van der Waals surface area contributed by atoms with Crippen LogP contribution in [0, 0.1) is 0 Å². The van der Waals surface area contributed by atoms with Gasteiger partial charge in [0.25, 0.3) is 0 Å². The number of pyridine rings is 1. The predicted molar refractivity (Wildman–Crippen MR) is 67.7 cm³/mol. The summed E-state index contributed by atoms with van der Waals surface area (Å²) in [5.41, 5.74) is 2.46. The van der Waals surface area contributed by atoms with Crippen LogP contribution in [0.4, 0.5) is 0 Å². The van der Waals surface area contributed by atoms with Crippen LogP contribution in [-0.4, -0.2) is 0 Å². The quantitative estimate of drug-likeness (QED) is 0.685. The molecule has 2 aromatic rings. The zero-order valence-corrected chi connectivity index (χ0v) is 9.51. The maximum atomic E-state index is 2.22. The lowest BCUT2D eigenvalue weighted by Crippen LogP contribution is -2.34. The molecule has 1 heterocycles. The molecule has 0 spiro atoms. The van der Waals surface area contributed by atoms with Gasteiger partial charge < -0.3 is 0 Å². The van der Waals surface area contributed by atoms with Crippen LogP contribution in [0.5, 0.6) is 0 Å². The van der Waals surface area contributed by atoms with Gasteiger partial charge in [0.05, 0.1) is 0 Å². The lowest BCUT2D eigenvalue weighted by atomic mass is 10.2. The molecule has 0 bridgehead atoms. The lowest BCUT2D eigenvalue weighted by molar-refractivity contribution is -0.695. The molecule has 0 fully saturated rings. The van der Waals surface area contributed by atoms with Gasteiger partial charge in [0.1, 0.15) is 6.54 Å². The minimum atomic E-state index is 0.995. The van der Waals surface area contributed by atoms with Gasteiger partial charge in [-0.25, -0.2) is 0 Å². The molecule has 0 unspecified atom stereocenters. The van der Waals surface area contributed by atoms with E-state index in [9.17, 15) is 0 Å². The highest BCUT2D eigenvalue weighted by Gasteiger charge is 2.01. The van der Waals surface area contributed by atoms with Crippen LogP contribution in [0.1, 0.15) is 18.2 Å². The molecule has 0 aliphatic rings. The van der Waals surface area contributed by atoms with Crippen molar-refractivity contribution in [3.05, 3.63) is 66.0 Å². The highest BCUT2D eigenvalue weighted by atomic mass is 14.9. The minimum Gasteiger partial charge on any atom is -0.199 e. The topological polar surface area (TPSA) is 3.88 Å². The molecule has 1 heteroatoms. The molecule has 0 aliphatic heterocycles. The number of hydrogen-bond donors (Lipinski definition) is 0. The Labute approximate surface area is 96.7 Å². The van der Waals surface area contributed by atoms with E-state index >= 15 is 0 Å². The molecule has 0 saturated heterocycles.